The van der Waals surface area contributed by atoms with Crippen molar-refractivity contribution >= 4 is 11.9 Å². The number of rotatable bonds is 8. The third-order valence-corrected chi connectivity index (χ3v) is 3.22. The molecule has 2 N–H and O–H groups in total. The van der Waals surface area contributed by atoms with Crippen molar-refractivity contribution in [1.29, 1.82) is 0 Å². The molecule has 0 saturated heterocycles. The molecular weight excluding hydrogens is 292 g/mol. The summed E-state index contributed by atoms with van der Waals surface area (Å²) < 4.78 is 5.16. The number of benzene rings is 1. The predicted molar refractivity (Wildman–Crippen MR) is 93.7 cm³/mol. The third-order valence-electron chi connectivity index (χ3n) is 3.22. The Labute approximate surface area is 138 Å². The minimum atomic E-state index is -0.0555. The van der Waals surface area contributed by atoms with Gasteiger partial charge in [-0.05, 0) is 31.0 Å². The average molecular weight is 320 g/mol. The lowest BCUT2D eigenvalue weighted by Gasteiger charge is -2.22. The second-order valence-electron chi connectivity index (χ2n) is 5.22. The minimum Gasteiger partial charge on any atom is -0.497 e. The van der Waals surface area contributed by atoms with E-state index < -0.39 is 0 Å². The molecular formula is C17H28N4O2. The lowest BCUT2D eigenvalue weighted by Crippen LogP contribution is -2.39. The Hall–Kier alpha value is -2.24. The molecule has 6 heteroatoms. The van der Waals surface area contributed by atoms with Crippen molar-refractivity contribution in [2.45, 2.75) is 26.8 Å². The van der Waals surface area contributed by atoms with Crippen LogP contribution in [0.4, 0.5) is 0 Å². The van der Waals surface area contributed by atoms with Crippen LogP contribution in [-0.2, 0) is 11.3 Å². The molecule has 1 rings (SSSR count). The van der Waals surface area contributed by atoms with E-state index in [4.69, 9.17) is 4.74 Å². The topological polar surface area (TPSA) is 66.0 Å². The van der Waals surface area contributed by atoms with E-state index in [0.29, 0.717) is 13.1 Å². The number of nitrogens with zero attached hydrogens (tertiary/aromatic N) is 2. The Morgan fingerprint density at radius 1 is 1.22 bits per heavy atom. The van der Waals surface area contributed by atoms with Crippen LogP contribution in [0.3, 0.4) is 0 Å². The summed E-state index contributed by atoms with van der Waals surface area (Å²) in [7, 11) is 3.61. The lowest BCUT2D eigenvalue weighted by molar-refractivity contribution is -0.119. The number of hydrogen-bond acceptors (Lipinski definition) is 3. The van der Waals surface area contributed by atoms with Crippen LogP contribution < -0.4 is 15.4 Å². The van der Waals surface area contributed by atoms with Crippen LogP contribution in [0.5, 0.6) is 5.75 Å². The zero-order valence-corrected chi connectivity index (χ0v) is 14.6. The van der Waals surface area contributed by atoms with Gasteiger partial charge in [-0.3, -0.25) is 4.79 Å². The maximum atomic E-state index is 11.7. The van der Waals surface area contributed by atoms with Crippen LogP contribution in [0.15, 0.2) is 29.3 Å². The summed E-state index contributed by atoms with van der Waals surface area (Å²) in [6, 6.07) is 7.91. The summed E-state index contributed by atoms with van der Waals surface area (Å²) in [6.07, 6.45) is 0.924. The lowest BCUT2D eigenvalue weighted by atomic mass is 10.2. The maximum Gasteiger partial charge on any atom is 0.241 e. The second kappa shape index (κ2) is 10.5. The van der Waals surface area contributed by atoms with Gasteiger partial charge in [-0.25, -0.2) is 4.99 Å². The first-order valence-corrected chi connectivity index (χ1v) is 7.99. The first-order valence-electron chi connectivity index (χ1n) is 7.99. The first-order chi connectivity index (χ1) is 11.1. The summed E-state index contributed by atoms with van der Waals surface area (Å²) in [5.41, 5.74) is 1.15. The number of carbonyl (C=O) groups excluding carboxylic acids is 1. The SMILES string of the molecule is CCCNC(=O)CN=C(NCC)N(C)Cc1ccc(OC)cc1. The molecule has 0 aromatic heterocycles. The Kier molecular flexibility index (Phi) is 8.57. The molecule has 1 aromatic rings. The number of amides is 1. The normalized spacial score (nSPS) is 11.0. The van der Waals surface area contributed by atoms with Crippen molar-refractivity contribution < 1.29 is 9.53 Å². The van der Waals surface area contributed by atoms with E-state index in [2.05, 4.69) is 15.6 Å². The molecule has 0 unspecified atom stereocenters. The molecule has 0 heterocycles. The minimum absolute atomic E-state index is 0.0555. The molecule has 0 aliphatic heterocycles. The van der Waals surface area contributed by atoms with Crippen LogP contribution in [-0.4, -0.2) is 50.6 Å². The van der Waals surface area contributed by atoms with Crippen molar-refractivity contribution in [3.05, 3.63) is 29.8 Å². The molecule has 0 atom stereocenters. The highest BCUT2D eigenvalue weighted by molar-refractivity contribution is 5.84. The van der Waals surface area contributed by atoms with Gasteiger partial charge in [0.15, 0.2) is 5.96 Å². The second-order valence-corrected chi connectivity index (χ2v) is 5.22. The molecule has 128 valence electrons. The Morgan fingerprint density at radius 3 is 2.48 bits per heavy atom. The fraction of sp³-hybridized carbons (Fsp3) is 0.529. The van der Waals surface area contributed by atoms with Gasteiger partial charge in [0, 0.05) is 26.7 Å². The largest absolute Gasteiger partial charge is 0.497 e. The molecule has 6 nitrogen and oxygen atoms in total. The fourth-order valence-electron chi connectivity index (χ4n) is 2.02. The summed E-state index contributed by atoms with van der Waals surface area (Å²) in [5, 5.41) is 6.03. The molecule has 0 saturated carbocycles. The van der Waals surface area contributed by atoms with Gasteiger partial charge in [-0.15, -0.1) is 0 Å². The molecule has 1 amide bonds. The van der Waals surface area contributed by atoms with Crippen molar-refractivity contribution in [3.8, 4) is 5.75 Å². The highest BCUT2D eigenvalue weighted by atomic mass is 16.5. The maximum absolute atomic E-state index is 11.7. The summed E-state index contributed by atoms with van der Waals surface area (Å²) in [4.78, 5) is 18.1. The van der Waals surface area contributed by atoms with E-state index in [-0.39, 0.29) is 12.5 Å². The van der Waals surface area contributed by atoms with Crippen molar-refractivity contribution in [2.75, 3.05) is 33.8 Å². The van der Waals surface area contributed by atoms with E-state index in [0.717, 1.165) is 30.2 Å². The molecule has 0 spiro atoms. The standard InChI is InChI=1S/C17H28N4O2/c1-5-11-19-16(22)12-20-17(18-6-2)21(3)13-14-7-9-15(23-4)10-8-14/h7-10H,5-6,11-13H2,1-4H3,(H,18,20)(H,19,22). The van der Waals surface area contributed by atoms with Crippen LogP contribution in [0.25, 0.3) is 0 Å². The zero-order chi connectivity index (χ0) is 17.1. The third kappa shape index (κ3) is 7.04. The average Bonchev–Trinajstić information content (AvgIpc) is 2.57. The van der Waals surface area contributed by atoms with Gasteiger partial charge in [-0.1, -0.05) is 19.1 Å². The van der Waals surface area contributed by atoms with Crippen molar-refractivity contribution in [2.24, 2.45) is 4.99 Å². The Morgan fingerprint density at radius 2 is 1.91 bits per heavy atom. The van der Waals surface area contributed by atoms with Crippen molar-refractivity contribution in [1.82, 2.24) is 15.5 Å². The van der Waals surface area contributed by atoms with E-state index in [9.17, 15) is 4.79 Å². The Bertz CT molecular complexity index is 500. The zero-order valence-electron chi connectivity index (χ0n) is 14.6. The number of guanidine groups is 1. The molecule has 1 aromatic carbocycles. The van der Waals surface area contributed by atoms with Crippen LogP contribution in [0.1, 0.15) is 25.8 Å². The van der Waals surface area contributed by atoms with E-state index in [1.807, 2.05) is 50.1 Å². The summed E-state index contributed by atoms with van der Waals surface area (Å²) >= 11 is 0. The number of aliphatic imine (C=N–C) groups is 1. The van der Waals surface area contributed by atoms with Gasteiger partial charge in [0.2, 0.25) is 5.91 Å². The smallest absolute Gasteiger partial charge is 0.241 e. The number of ether oxygens (including phenoxy) is 1. The van der Waals surface area contributed by atoms with Crippen molar-refractivity contribution in [3.63, 3.8) is 0 Å². The quantitative estimate of drug-likeness (QED) is 0.564. The molecule has 0 aliphatic carbocycles. The van der Waals surface area contributed by atoms with Gasteiger partial charge in [-0.2, -0.15) is 0 Å². The van der Waals surface area contributed by atoms with Gasteiger partial charge < -0.3 is 20.3 Å². The monoisotopic (exact) mass is 320 g/mol. The number of carbonyl (C=O) groups is 1. The molecule has 23 heavy (non-hydrogen) atoms. The van der Waals surface area contributed by atoms with E-state index in [1.54, 1.807) is 7.11 Å². The highest BCUT2D eigenvalue weighted by Gasteiger charge is 2.08. The highest BCUT2D eigenvalue weighted by Crippen LogP contribution is 2.12. The van der Waals surface area contributed by atoms with Crippen LogP contribution in [0.2, 0.25) is 0 Å². The molecule has 0 bridgehead atoms. The number of nitrogens with one attached hydrogen (secondary N) is 2. The van der Waals surface area contributed by atoms with E-state index in [1.165, 1.54) is 0 Å². The Balaban J connectivity index is 2.64. The first kappa shape index (κ1) is 18.8. The van der Waals surface area contributed by atoms with Gasteiger partial charge in [0.25, 0.3) is 0 Å². The van der Waals surface area contributed by atoms with E-state index >= 15 is 0 Å². The molecule has 0 fully saturated rings. The predicted octanol–water partition coefficient (Wildman–Crippen LogP) is 1.62. The van der Waals surface area contributed by atoms with Gasteiger partial charge in [0.1, 0.15) is 12.3 Å². The molecule has 0 radical (unpaired) electrons. The van der Waals surface area contributed by atoms with Crippen LogP contribution >= 0.6 is 0 Å². The fourth-order valence-corrected chi connectivity index (χ4v) is 2.02. The number of hydrogen-bond donors (Lipinski definition) is 2. The van der Waals surface area contributed by atoms with Gasteiger partial charge in [0.05, 0.1) is 7.11 Å². The number of methoxy groups -OCH3 is 1. The van der Waals surface area contributed by atoms with Crippen LogP contribution in [0, 0.1) is 0 Å². The van der Waals surface area contributed by atoms with Gasteiger partial charge >= 0.3 is 0 Å². The molecule has 0 aliphatic rings. The summed E-state index contributed by atoms with van der Waals surface area (Å²) in [6.45, 7) is 6.31. The summed E-state index contributed by atoms with van der Waals surface area (Å²) in [5.74, 6) is 1.50.